The summed E-state index contributed by atoms with van der Waals surface area (Å²) in [5, 5.41) is 5.41. The van der Waals surface area contributed by atoms with Gasteiger partial charge in [-0.1, -0.05) is 30.3 Å². The van der Waals surface area contributed by atoms with Crippen molar-refractivity contribution in [3.63, 3.8) is 0 Å². The van der Waals surface area contributed by atoms with Crippen LogP contribution in [0.15, 0.2) is 35.7 Å². The van der Waals surface area contributed by atoms with Crippen molar-refractivity contribution in [1.82, 2.24) is 5.32 Å². The summed E-state index contributed by atoms with van der Waals surface area (Å²) >= 11 is 1.52. The van der Waals surface area contributed by atoms with Crippen molar-refractivity contribution in [3.8, 4) is 5.75 Å². The Balaban J connectivity index is 0.00000225. The van der Waals surface area contributed by atoms with E-state index in [1.165, 1.54) is 23.3 Å². The molecule has 1 atom stereocenters. The summed E-state index contributed by atoms with van der Waals surface area (Å²) < 4.78 is 6.00. The number of benzene rings is 1. The molecule has 3 nitrogen and oxygen atoms in total. The highest BCUT2D eigenvalue weighted by Gasteiger charge is 2.19. The molecule has 2 aromatic rings. The Morgan fingerprint density at radius 3 is 2.84 bits per heavy atom. The molecule has 0 radical (unpaired) electrons. The molecule has 1 unspecified atom stereocenters. The number of hydrogen-bond donors (Lipinski definition) is 1. The van der Waals surface area contributed by atoms with Crippen LogP contribution in [0.3, 0.4) is 0 Å². The van der Waals surface area contributed by atoms with Crippen LogP contribution in [0.5, 0.6) is 5.75 Å². The number of ether oxygens (including phenoxy) is 1. The summed E-state index contributed by atoms with van der Waals surface area (Å²) in [6, 6.07) is 10.2. The molecule has 25 heavy (non-hydrogen) atoms. The van der Waals surface area contributed by atoms with Gasteiger partial charge in [-0.05, 0) is 56.1 Å². The molecule has 1 N–H and O–H groups in total. The predicted octanol–water partition coefficient (Wildman–Crippen LogP) is 4.67. The van der Waals surface area contributed by atoms with Gasteiger partial charge < -0.3 is 10.1 Å². The Morgan fingerprint density at radius 1 is 1.32 bits per heavy atom. The van der Waals surface area contributed by atoms with Crippen molar-refractivity contribution in [3.05, 3.63) is 51.7 Å². The SMILES string of the molecule is Cc1csc(C(=O)CCc2ccccc2)c1OCCC1CCNC1.Cl. The minimum Gasteiger partial charge on any atom is -0.492 e. The lowest BCUT2D eigenvalue weighted by Gasteiger charge is -2.11. The van der Waals surface area contributed by atoms with Gasteiger partial charge in [-0.25, -0.2) is 0 Å². The predicted molar refractivity (Wildman–Crippen MR) is 106 cm³/mol. The molecule has 5 heteroatoms. The highest BCUT2D eigenvalue weighted by molar-refractivity contribution is 7.12. The van der Waals surface area contributed by atoms with Gasteiger partial charge in [0, 0.05) is 12.0 Å². The number of nitrogens with one attached hydrogen (secondary N) is 1. The number of carbonyl (C=O) groups excluding carboxylic acids is 1. The van der Waals surface area contributed by atoms with Crippen LogP contribution in [0.2, 0.25) is 0 Å². The number of thiophene rings is 1. The molecule has 1 aliphatic heterocycles. The van der Waals surface area contributed by atoms with Gasteiger partial charge in [-0.2, -0.15) is 0 Å². The molecule has 0 aliphatic carbocycles. The molecule has 136 valence electrons. The summed E-state index contributed by atoms with van der Waals surface area (Å²) in [7, 11) is 0. The Hall–Kier alpha value is -1.36. The highest BCUT2D eigenvalue weighted by Crippen LogP contribution is 2.32. The fourth-order valence-corrected chi connectivity index (χ4v) is 4.07. The summed E-state index contributed by atoms with van der Waals surface area (Å²) in [5.41, 5.74) is 2.28. The number of rotatable bonds is 8. The molecule has 1 aromatic heterocycles. The quantitative estimate of drug-likeness (QED) is 0.677. The number of ketones is 1. The second-order valence-electron chi connectivity index (χ2n) is 6.48. The Morgan fingerprint density at radius 2 is 2.12 bits per heavy atom. The lowest BCUT2D eigenvalue weighted by molar-refractivity contribution is 0.0983. The zero-order valence-electron chi connectivity index (χ0n) is 14.6. The van der Waals surface area contributed by atoms with E-state index >= 15 is 0 Å². The average Bonchev–Trinajstić information content (AvgIpc) is 3.24. The van der Waals surface area contributed by atoms with Crippen molar-refractivity contribution in [2.75, 3.05) is 19.7 Å². The Kier molecular flexibility index (Phi) is 7.94. The lowest BCUT2D eigenvalue weighted by atomic mass is 10.1. The van der Waals surface area contributed by atoms with E-state index in [-0.39, 0.29) is 18.2 Å². The maximum absolute atomic E-state index is 12.6. The summed E-state index contributed by atoms with van der Waals surface area (Å²) in [5.74, 6) is 1.71. The first-order valence-corrected chi connectivity index (χ1v) is 9.60. The molecule has 3 rings (SSSR count). The molecule has 2 heterocycles. The van der Waals surface area contributed by atoms with Crippen molar-refractivity contribution >= 4 is 29.5 Å². The van der Waals surface area contributed by atoms with Gasteiger partial charge in [-0.3, -0.25) is 4.79 Å². The van der Waals surface area contributed by atoms with E-state index in [0.29, 0.717) is 18.9 Å². The van der Waals surface area contributed by atoms with E-state index in [0.717, 1.165) is 42.1 Å². The van der Waals surface area contributed by atoms with Crippen LogP contribution in [0.1, 0.15) is 40.1 Å². The van der Waals surface area contributed by atoms with Gasteiger partial charge >= 0.3 is 0 Å². The first-order chi connectivity index (χ1) is 11.7. The zero-order chi connectivity index (χ0) is 16.8. The van der Waals surface area contributed by atoms with E-state index in [2.05, 4.69) is 17.4 Å². The fraction of sp³-hybridized carbons (Fsp3) is 0.450. The number of aryl methyl sites for hydroxylation is 2. The third-order valence-corrected chi connectivity index (χ3v) is 5.71. The Labute approximate surface area is 160 Å². The van der Waals surface area contributed by atoms with E-state index in [4.69, 9.17) is 4.74 Å². The molecular formula is C20H26ClNO2S. The van der Waals surface area contributed by atoms with Gasteiger partial charge in [-0.15, -0.1) is 23.7 Å². The van der Waals surface area contributed by atoms with E-state index in [1.807, 2.05) is 30.5 Å². The summed E-state index contributed by atoms with van der Waals surface area (Å²) in [6.45, 7) is 4.93. The molecule has 0 bridgehead atoms. The van der Waals surface area contributed by atoms with Crippen molar-refractivity contribution in [2.45, 2.75) is 32.6 Å². The number of Topliss-reactive ketones (excluding diaryl/α,β-unsaturated/α-hetero) is 1. The van der Waals surface area contributed by atoms with Gasteiger partial charge in [0.1, 0.15) is 10.6 Å². The van der Waals surface area contributed by atoms with E-state index in [9.17, 15) is 4.79 Å². The summed E-state index contributed by atoms with van der Waals surface area (Å²) in [4.78, 5) is 13.4. The van der Waals surface area contributed by atoms with Crippen molar-refractivity contribution in [1.29, 1.82) is 0 Å². The minimum absolute atomic E-state index is 0. The summed E-state index contributed by atoms with van der Waals surface area (Å²) in [6.07, 6.45) is 3.60. The maximum Gasteiger partial charge on any atom is 0.176 e. The molecule has 0 spiro atoms. The number of hydrogen-bond acceptors (Lipinski definition) is 4. The third-order valence-electron chi connectivity index (χ3n) is 4.59. The van der Waals surface area contributed by atoms with Crippen LogP contribution in [0.4, 0.5) is 0 Å². The standard InChI is InChI=1S/C20H25NO2S.ClH/c1-15-14-24-20(18(22)8-7-16-5-3-2-4-6-16)19(15)23-12-10-17-9-11-21-13-17;/h2-6,14,17,21H,7-13H2,1H3;1H. The smallest absolute Gasteiger partial charge is 0.176 e. The zero-order valence-corrected chi connectivity index (χ0v) is 16.3. The first-order valence-electron chi connectivity index (χ1n) is 8.73. The van der Waals surface area contributed by atoms with Crippen LogP contribution in [-0.4, -0.2) is 25.5 Å². The van der Waals surface area contributed by atoms with Gasteiger partial charge in [0.2, 0.25) is 0 Å². The van der Waals surface area contributed by atoms with E-state index < -0.39 is 0 Å². The van der Waals surface area contributed by atoms with Gasteiger partial charge in [0.05, 0.1) is 6.61 Å². The largest absolute Gasteiger partial charge is 0.492 e. The monoisotopic (exact) mass is 379 g/mol. The maximum atomic E-state index is 12.6. The van der Waals surface area contributed by atoms with Crippen LogP contribution < -0.4 is 10.1 Å². The minimum atomic E-state index is 0. The molecule has 1 aliphatic rings. The van der Waals surface area contributed by atoms with Crippen molar-refractivity contribution in [2.24, 2.45) is 5.92 Å². The Bertz CT molecular complexity index is 666. The van der Waals surface area contributed by atoms with Crippen LogP contribution in [0, 0.1) is 12.8 Å². The molecule has 1 saturated heterocycles. The average molecular weight is 380 g/mol. The molecule has 1 fully saturated rings. The topological polar surface area (TPSA) is 38.3 Å². The highest BCUT2D eigenvalue weighted by atomic mass is 35.5. The second kappa shape index (κ2) is 9.95. The normalized spacial score (nSPS) is 16.4. The van der Waals surface area contributed by atoms with Gasteiger partial charge in [0.25, 0.3) is 0 Å². The molecule has 0 amide bonds. The van der Waals surface area contributed by atoms with E-state index in [1.54, 1.807) is 0 Å². The van der Waals surface area contributed by atoms with Crippen LogP contribution >= 0.6 is 23.7 Å². The van der Waals surface area contributed by atoms with Gasteiger partial charge in [0.15, 0.2) is 5.78 Å². The number of halogens is 1. The third kappa shape index (κ3) is 5.56. The van der Waals surface area contributed by atoms with Crippen LogP contribution in [0.25, 0.3) is 0 Å². The molecular weight excluding hydrogens is 354 g/mol. The van der Waals surface area contributed by atoms with Crippen LogP contribution in [-0.2, 0) is 6.42 Å². The number of carbonyl (C=O) groups is 1. The second-order valence-corrected chi connectivity index (χ2v) is 7.36. The first kappa shape index (κ1) is 20.0. The lowest BCUT2D eigenvalue weighted by Crippen LogP contribution is -2.12. The fourth-order valence-electron chi connectivity index (χ4n) is 3.11. The van der Waals surface area contributed by atoms with Crippen molar-refractivity contribution < 1.29 is 9.53 Å². The molecule has 0 saturated carbocycles. The molecule has 1 aromatic carbocycles.